The number of methoxy groups -OCH3 is 1. The maximum Gasteiger partial charge on any atom is 0.324 e. The molecule has 11 rings (SSSR count). The van der Waals surface area contributed by atoms with Crippen molar-refractivity contribution in [2.75, 3.05) is 84.1 Å². The van der Waals surface area contributed by atoms with Gasteiger partial charge in [-0.1, -0.05) is 33.8 Å². The van der Waals surface area contributed by atoms with E-state index in [1.807, 2.05) is 11.1 Å². The Labute approximate surface area is 440 Å². The first-order valence-corrected chi connectivity index (χ1v) is 28.4. The van der Waals surface area contributed by atoms with Crippen LogP contribution >= 0.6 is 11.3 Å². The summed E-state index contributed by atoms with van der Waals surface area (Å²) in [6.45, 7) is 21.6. The number of carbonyl (C=O) groups excluding carboxylic acids is 4. The fourth-order valence-electron chi connectivity index (χ4n) is 12.8. The summed E-state index contributed by atoms with van der Waals surface area (Å²) in [5, 5.41) is 11.8. The summed E-state index contributed by atoms with van der Waals surface area (Å²) in [5.74, 6) is -0.773. The number of fused-ring (bicyclic) bond motifs is 6. The van der Waals surface area contributed by atoms with Gasteiger partial charge in [-0.25, -0.2) is 10.4 Å². The Balaban J connectivity index is 0.935. The quantitative estimate of drug-likeness (QED) is 0.129. The van der Waals surface area contributed by atoms with Crippen LogP contribution in [0.25, 0.3) is 33.4 Å². The van der Waals surface area contributed by atoms with Gasteiger partial charge < -0.3 is 34.5 Å². The molecule has 0 unspecified atom stereocenters. The number of aryl methyl sites for hydroxylation is 1. The van der Waals surface area contributed by atoms with Crippen molar-refractivity contribution >= 4 is 51.6 Å². The van der Waals surface area contributed by atoms with Crippen molar-refractivity contribution in [1.29, 1.82) is 0 Å². The highest BCUT2D eigenvalue weighted by Crippen LogP contribution is 2.44. The number of esters is 1. The van der Waals surface area contributed by atoms with E-state index in [0.717, 1.165) is 127 Å². The minimum Gasteiger partial charge on any atom is -0.464 e. The van der Waals surface area contributed by atoms with E-state index in [0.29, 0.717) is 38.9 Å². The highest BCUT2D eigenvalue weighted by molar-refractivity contribution is 7.10. The lowest BCUT2D eigenvalue weighted by Gasteiger charge is -2.37. The predicted octanol–water partition coefficient (Wildman–Crippen LogP) is 5.41. The number of likely N-dealkylation sites (tertiary alicyclic amines) is 2. The molecular formula is C56H77N11O6S. The number of hydrazine groups is 1. The number of nitrogens with one attached hydrogen (secondary N) is 3. The van der Waals surface area contributed by atoms with E-state index in [1.165, 1.54) is 29.2 Å². The Morgan fingerprint density at radius 3 is 2.51 bits per heavy atom. The van der Waals surface area contributed by atoms with Crippen molar-refractivity contribution in [2.45, 2.75) is 136 Å². The van der Waals surface area contributed by atoms with Crippen molar-refractivity contribution in [1.82, 2.24) is 50.3 Å². The average Bonchev–Trinajstić information content (AvgIpc) is 4.29. The first-order chi connectivity index (χ1) is 35.6. The van der Waals surface area contributed by atoms with Gasteiger partial charge in [-0.15, -0.1) is 11.3 Å². The number of hydrogen-bond donors (Lipinski definition) is 3. The third kappa shape index (κ3) is 10.2. The molecule has 0 radical (unpaired) electrons. The van der Waals surface area contributed by atoms with E-state index >= 15 is 0 Å². The zero-order valence-corrected chi connectivity index (χ0v) is 45.4. The van der Waals surface area contributed by atoms with Crippen molar-refractivity contribution in [2.24, 2.45) is 16.7 Å². The van der Waals surface area contributed by atoms with E-state index in [2.05, 4.69) is 107 Å². The Kier molecular flexibility index (Phi) is 14.2. The molecule has 4 aromatic rings. The summed E-state index contributed by atoms with van der Waals surface area (Å²) in [6, 6.07) is 7.44. The third-order valence-electron chi connectivity index (χ3n) is 17.2. The SMILES string of the molecule is CCn1c(-c2cc(N3CCN(C4CC4)CC3)cnc2[C@H](C)OC)c2c3cc(ccc31)-c1csc(n1)C[C@H](NC(=O)[C@H](C(C)C)N1CC[C@]3(CCN(C(=O)[C@H]4CN4)C3)C1)C(=O)N1CCC[C@H](N1)C(=O)OCC(C)(C)C2. The van der Waals surface area contributed by atoms with Crippen LogP contribution in [-0.4, -0.2) is 167 Å². The van der Waals surface area contributed by atoms with Crippen molar-refractivity contribution in [3.8, 4) is 22.5 Å². The van der Waals surface area contributed by atoms with Crippen LogP contribution in [0.3, 0.4) is 0 Å². The first-order valence-electron chi connectivity index (χ1n) is 27.5. The number of amides is 3. The van der Waals surface area contributed by atoms with Crippen LogP contribution in [0.5, 0.6) is 0 Å². The summed E-state index contributed by atoms with van der Waals surface area (Å²) >= 11 is 1.49. The number of benzene rings is 1. The van der Waals surface area contributed by atoms with Gasteiger partial charge in [0.15, 0.2) is 0 Å². The molecule has 1 aliphatic carbocycles. The maximum absolute atomic E-state index is 14.8. The van der Waals surface area contributed by atoms with Crippen LogP contribution in [-0.2, 0) is 48.0 Å². The smallest absolute Gasteiger partial charge is 0.324 e. The summed E-state index contributed by atoms with van der Waals surface area (Å²) in [7, 11) is 1.74. The molecule has 3 amide bonds. The zero-order valence-electron chi connectivity index (χ0n) is 44.6. The van der Waals surface area contributed by atoms with Gasteiger partial charge in [0.25, 0.3) is 5.91 Å². The molecule has 74 heavy (non-hydrogen) atoms. The fraction of sp³-hybridized carbons (Fsp3) is 0.643. The lowest BCUT2D eigenvalue weighted by atomic mass is 9.84. The highest BCUT2D eigenvalue weighted by Gasteiger charge is 2.50. The van der Waals surface area contributed by atoms with Gasteiger partial charge in [-0.3, -0.25) is 39.0 Å². The number of ether oxygens (including phenoxy) is 2. The molecule has 5 saturated heterocycles. The van der Waals surface area contributed by atoms with E-state index < -0.39 is 29.5 Å². The second-order valence-electron chi connectivity index (χ2n) is 23.6. The van der Waals surface area contributed by atoms with E-state index in [9.17, 15) is 19.2 Å². The minimum absolute atomic E-state index is 0.0388. The molecule has 3 N–H and O–H groups in total. The average molecular weight is 1030 g/mol. The number of pyridine rings is 1. The maximum atomic E-state index is 14.8. The van der Waals surface area contributed by atoms with Crippen LogP contribution in [0.15, 0.2) is 35.8 Å². The normalized spacial score (nSPS) is 26.7. The molecule has 3 aromatic heterocycles. The topological polar surface area (TPSA) is 180 Å². The fourth-order valence-corrected chi connectivity index (χ4v) is 13.7. The van der Waals surface area contributed by atoms with Gasteiger partial charge in [0, 0.05) is 123 Å². The number of anilines is 1. The van der Waals surface area contributed by atoms with Crippen LogP contribution < -0.4 is 21.0 Å². The predicted molar refractivity (Wildman–Crippen MR) is 286 cm³/mol. The van der Waals surface area contributed by atoms with Gasteiger partial charge in [0.1, 0.15) is 12.1 Å². The number of rotatable bonds is 11. The monoisotopic (exact) mass is 1030 g/mol. The number of hydrogen-bond acceptors (Lipinski definition) is 14. The second-order valence-corrected chi connectivity index (χ2v) is 24.5. The van der Waals surface area contributed by atoms with Crippen LogP contribution in [0.2, 0.25) is 0 Å². The molecule has 398 valence electrons. The lowest BCUT2D eigenvalue weighted by Crippen LogP contribution is -2.62. The largest absolute Gasteiger partial charge is 0.464 e. The Hall–Kier alpha value is -4.98. The molecule has 7 aliphatic rings. The third-order valence-corrected chi connectivity index (χ3v) is 18.1. The molecule has 6 aliphatic heterocycles. The van der Waals surface area contributed by atoms with Gasteiger partial charge >= 0.3 is 5.97 Å². The summed E-state index contributed by atoms with van der Waals surface area (Å²) in [5.41, 5.74) is 10.8. The zero-order chi connectivity index (χ0) is 51.6. The molecule has 1 saturated carbocycles. The van der Waals surface area contributed by atoms with Crippen molar-refractivity contribution < 1.29 is 28.7 Å². The Morgan fingerprint density at radius 1 is 1.00 bits per heavy atom. The number of thiazole rings is 1. The molecule has 6 fully saturated rings. The summed E-state index contributed by atoms with van der Waals surface area (Å²) < 4.78 is 14.7. The van der Waals surface area contributed by atoms with E-state index in [4.69, 9.17) is 19.4 Å². The standard InChI is InChI=1S/C56H77N11O6S/c1-8-66-46-14-11-36-24-39(46)41(50(66)40-25-38(28-58-48(40)35(4)72-7)63-22-20-62(21-23-63)37-12-13-37)27-55(5,6)33-73-54(71)42-10-9-17-67(61-42)53(70)43(26-47-59-45(36)30-74-47)60-51(68)49(34(2)3)64-18-15-56(31-64)16-19-65(32-56)52(69)44-29-57-44/h11,14,24-25,28,30,34-35,37,42-44,49,57,61H,8-10,12-13,15-23,26-27,29,31-33H2,1-7H3,(H,60,68)/t35-,42-,43-,44+,49-,56-/m0/s1. The Bertz CT molecular complexity index is 2780. The number of cyclic esters (lactones) is 1. The van der Waals surface area contributed by atoms with Crippen LogP contribution in [0.4, 0.5) is 5.69 Å². The number of nitrogens with zero attached hydrogens (tertiary/aromatic N) is 8. The van der Waals surface area contributed by atoms with Gasteiger partial charge in [0.2, 0.25) is 11.8 Å². The molecule has 18 heteroatoms. The lowest BCUT2D eigenvalue weighted by molar-refractivity contribution is -0.155. The molecule has 6 bridgehead atoms. The van der Waals surface area contributed by atoms with Gasteiger partial charge in [-0.05, 0) is 95.0 Å². The molecule has 6 atom stereocenters. The molecule has 1 aromatic carbocycles. The summed E-state index contributed by atoms with van der Waals surface area (Å²) in [6.07, 6.45) is 8.09. The minimum atomic E-state index is -0.949. The number of carbonyl (C=O) groups is 4. The van der Waals surface area contributed by atoms with Gasteiger partial charge in [0.05, 0.1) is 58.8 Å². The van der Waals surface area contributed by atoms with E-state index in [1.54, 1.807) is 7.11 Å². The number of aromatic nitrogens is 3. The Morgan fingerprint density at radius 2 is 1.78 bits per heavy atom. The van der Waals surface area contributed by atoms with E-state index in [-0.39, 0.29) is 54.2 Å². The molecule has 1 spiro atoms. The van der Waals surface area contributed by atoms with Gasteiger partial charge in [-0.2, -0.15) is 0 Å². The van der Waals surface area contributed by atoms with Crippen molar-refractivity contribution in [3.05, 3.63) is 52.1 Å². The van der Waals surface area contributed by atoms with Crippen LogP contribution in [0, 0.1) is 16.7 Å². The first kappa shape index (κ1) is 51.1. The van der Waals surface area contributed by atoms with Crippen molar-refractivity contribution in [3.63, 3.8) is 0 Å². The van der Waals surface area contributed by atoms with Crippen LogP contribution in [0.1, 0.15) is 102 Å². The molecular weight excluding hydrogens is 955 g/mol. The highest BCUT2D eigenvalue weighted by atomic mass is 32.1. The summed E-state index contributed by atoms with van der Waals surface area (Å²) in [4.78, 5) is 76.6. The number of piperazine rings is 1. The molecule has 17 nitrogen and oxygen atoms in total. The molecule has 9 heterocycles. The second kappa shape index (κ2) is 20.5.